The van der Waals surface area contributed by atoms with Crippen molar-refractivity contribution in [1.82, 2.24) is 9.97 Å². The minimum atomic E-state index is -1.29. The van der Waals surface area contributed by atoms with Crippen molar-refractivity contribution in [1.29, 1.82) is 0 Å². The highest BCUT2D eigenvalue weighted by Gasteiger charge is 2.33. The van der Waals surface area contributed by atoms with Crippen LogP contribution in [0.1, 0.15) is 11.6 Å². The number of halogens is 1. The van der Waals surface area contributed by atoms with Crippen molar-refractivity contribution >= 4 is 23.5 Å². The van der Waals surface area contributed by atoms with Crippen LogP contribution in [0.5, 0.6) is 0 Å². The van der Waals surface area contributed by atoms with E-state index in [2.05, 4.69) is 19.4 Å². The predicted octanol–water partition coefficient (Wildman–Crippen LogP) is 0.560. The number of hydrogen-bond donors (Lipinski definition) is 0. The van der Waals surface area contributed by atoms with Gasteiger partial charge in [-0.25, -0.2) is 9.97 Å². The van der Waals surface area contributed by atoms with Gasteiger partial charge in [-0.15, -0.1) is 0 Å². The zero-order valence-corrected chi connectivity index (χ0v) is 9.39. The second-order valence-electron chi connectivity index (χ2n) is 2.74. The van der Waals surface area contributed by atoms with Gasteiger partial charge >= 0.3 is 11.9 Å². The van der Waals surface area contributed by atoms with E-state index in [1.54, 1.807) is 0 Å². The third kappa shape index (κ3) is 2.46. The van der Waals surface area contributed by atoms with Crippen LogP contribution in [0.4, 0.5) is 0 Å². The Morgan fingerprint density at radius 2 is 1.88 bits per heavy atom. The van der Waals surface area contributed by atoms with Crippen molar-refractivity contribution in [3.8, 4) is 0 Å². The molecule has 0 atom stereocenters. The predicted molar refractivity (Wildman–Crippen MR) is 53.8 cm³/mol. The molecule has 0 aliphatic heterocycles. The van der Waals surface area contributed by atoms with Gasteiger partial charge in [-0.1, -0.05) is 11.6 Å². The minimum absolute atomic E-state index is 0.0652. The minimum Gasteiger partial charge on any atom is -0.468 e. The summed E-state index contributed by atoms with van der Waals surface area (Å²) >= 11 is 5.78. The normalized spacial score (nSPS) is 10.0. The number of ether oxygens (including phenoxy) is 2. The quantitative estimate of drug-likeness (QED) is 0.571. The smallest absolute Gasteiger partial charge is 0.326 e. The van der Waals surface area contributed by atoms with Gasteiger partial charge in [0.2, 0.25) is 0 Å². The largest absolute Gasteiger partial charge is 0.468 e. The number of hydrogen-bond acceptors (Lipinski definition) is 6. The lowest BCUT2D eigenvalue weighted by Crippen LogP contribution is -2.25. The highest BCUT2D eigenvalue weighted by Crippen LogP contribution is 2.23. The molecule has 7 heteroatoms. The van der Waals surface area contributed by atoms with E-state index in [9.17, 15) is 9.59 Å². The first-order valence-electron chi connectivity index (χ1n) is 4.22. The maximum absolute atomic E-state index is 11.4. The Labute approximate surface area is 96.5 Å². The van der Waals surface area contributed by atoms with Crippen LogP contribution in [0.3, 0.4) is 0 Å². The molecular weight excluding hydrogens is 236 g/mol. The van der Waals surface area contributed by atoms with Crippen LogP contribution in [0.25, 0.3) is 0 Å². The van der Waals surface area contributed by atoms with E-state index >= 15 is 0 Å². The van der Waals surface area contributed by atoms with Gasteiger partial charge in [-0.3, -0.25) is 9.59 Å². The lowest BCUT2D eigenvalue weighted by Gasteiger charge is -2.12. The number of nitrogens with zero attached hydrogens (tertiary/aromatic N) is 2. The summed E-state index contributed by atoms with van der Waals surface area (Å²) in [6.45, 7) is 0. The highest BCUT2D eigenvalue weighted by atomic mass is 35.5. The standard InChI is InChI=1S/C9H9ClN2O4/c1-15-8(13)6(9(14)16-2)7-5(10)3-11-4-12-7/h3-4,6H,1-2H3. The van der Waals surface area contributed by atoms with E-state index < -0.39 is 17.9 Å². The molecule has 0 saturated carbocycles. The Morgan fingerprint density at radius 3 is 2.31 bits per heavy atom. The molecule has 0 saturated heterocycles. The molecule has 6 nitrogen and oxygen atoms in total. The summed E-state index contributed by atoms with van der Waals surface area (Å²) in [5, 5.41) is 0.100. The molecule has 16 heavy (non-hydrogen) atoms. The van der Waals surface area contributed by atoms with Crippen LogP contribution in [0.15, 0.2) is 12.5 Å². The molecule has 0 aliphatic carbocycles. The van der Waals surface area contributed by atoms with Crippen molar-refractivity contribution in [2.24, 2.45) is 0 Å². The molecule has 1 aromatic heterocycles. The van der Waals surface area contributed by atoms with Crippen molar-refractivity contribution in [2.45, 2.75) is 5.92 Å². The summed E-state index contributed by atoms with van der Waals surface area (Å²) < 4.78 is 8.97. The molecular formula is C9H9ClN2O4. The van der Waals surface area contributed by atoms with Gasteiger partial charge in [0.15, 0.2) is 5.92 Å². The first kappa shape index (κ1) is 12.4. The van der Waals surface area contributed by atoms with Crippen LogP contribution >= 0.6 is 11.6 Å². The van der Waals surface area contributed by atoms with Crippen LogP contribution in [0, 0.1) is 0 Å². The molecule has 0 amide bonds. The topological polar surface area (TPSA) is 78.4 Å². The zero-order chi connectivity index (χ0) is 12.1. The fraction of sp³-hybridized carbons (Fsp3) is 0.333. The Hall–Kier alpha value is -1.69. The van der Waals surface area contributed by atoms with Crippen molar-refractivity contribution in [2.75, 3.05) is 14.2 Å². The van der Waals surface area contributed by atoms with E-state index in [1.807, 2.05) is 0 Å². The molecule has 0 fully saturated rings. The molecule has 1 aromatic rings. The van der Waals surface area contributed by atoms with Crippen LogP contribution in [0.2, 0.25) is 5.02 Å². The molecule has 0 aliphatic rings. The molecule has 0 N–H and O–H groups in total. The lowest BCUT2D eigenvalue weighted by atomic mass is 10.1. The molecule has 1 rings (SSSR count). The first-order chi connectivity index (χ1) is 7.61. The van der Waals surface area contributed by atoms with Gasteiger partial charge in [-0.2, -0.15) is 0 Å². The van der Waals surface area contributed by atoms with Gasteiger partial charge in [-0.05, 0) is 0 Å². The van der Waals surface area contributed by atoms with Crippen molar-refractivity contribution in [3.63, 3.8) is 0 Å². The lowest BCUT2D eigenvalue weighted by molar-refractivity contribution is -0.154. The third-order valence-corrected chi connectivity index (χ3v) is 2.13. The Bertz CT molecular complexity index is 394. The molecule has 1 heterocycles. The van der Waals surface area contributed by atoms with Gasteiger partial charge in [0.1, 0.15) is 6.33 Å². The van der Waals surface area contributed by atoms with E-state index in [0.29, 0.717) is 0 Å². The van der Waals surface area contributed by atoms with Gasteiger partial charge in [0.05, 0.1) is 24.9 Å². The van der Waals surface area contributed by atoms with E-state index in [0.717, 1.165) is 14.2 Å². The maximum atomic E-state index is 11.4. The van der Waals surface area contributed by atoms with Crippen molar-refractivity contribution in [3.05, 3.63) is 23.2 Å². The number of carbonyl (C=O) groups is 2. The molecule has 0 aromatic carbocycles. The Kier molecular flexibility index (Phi) is 4.19. The highest BCUT2D eigenvalue weighted by molar-refractivity contribution is 6.31. The second kappa shape index (κ2) is 5.41. The van der Waals surface area contributed by atoms with Crippen LogP contribution < -0.4 is 0 Å². The number of methoxy groups -OCH3 is 2. The van der Waals surface area contributed by atoms with Crippen LogP contribution in [-0.4, -0.2) is 36.1 Å². The monoisotopic (exact) mass is 244 g/mol. The number of rotatable bonds is 3. The number of carbonyl (C=O) groups excluding carboxylic acids is 2. The average molecular weight is 245 g/mol. The summed E-state index contributed by atoms with van der Waals surface area (Å²) in [4.78, 5) is 30.3. The number of esters is 2. The maximum Gasteiger partial charge on any atom is 0.326 e. The molecule has 0 spiro atoms. The summed E-state index contributed by atoms with van der Waals surface area (Å²) in [5.74, 6) is -2.86. The fourth-order valence-electron chi connectivity index (χ4n) is 1.09. The third-order valence-electron chi connectivity index (χ3n) is 1.84. The molecule has 86 valence electrons. The molecule has 0 unspecified atom stereocenters. The van der Waals surface area contributed by atoms with Crippen LogP contribution in [-0.2, 0) is 19.1 Å². The first-order valence-corrected chi connectivity index (χ1v) is 4.60. The average Bonchev–Trinajstić information content (AvgIpc) is 2.31. The number of aromatic nitrogens is 2. The SMILES string of the molecule is COC(=O)C(C(=O)OC)c1ncncc1Cl. The van der Waals surface area contributed by atoms with E-state index in [-0.39, 0.29) is 10.7 Å². The van der Waals surface area contributed by atoms with Gasteiger partial charge in [0, 0.05) is 6.20 Å². The fourth-order valence-corrected chi connectivity index (χ4v) is 1.30. The Balaban J connectivity index is 3.16. The van der Waals surface area contributed by atoms with E-state index in [4.69, 9.17) is 11.6 Å². The van der Waals surface area contributed by atoms with Crippen molar-refractivity contribution < 1.29 is 19.1 Å². The van der Waals surface area contributed by atoms with Gasteiger partial charge < -0.3 is 9.47 Å². The van der Waals surface area contributed by atoms with E-state index in [1.165, 1.54) is 12.5 Å². The zero-order valence-electron chi connectivity index (χ0n) is 8.64. The summed E-state index contributed by atoms with van der Waals surface area (Å²) in [5.41, 5.74) is 0.0652. The summed E-state index contributed by atoms with van der Waals surface area (Å²) in [6, 6.07) is 0. The Morgan fingerprint density at radius 1 is 1.31 bits per heavy atom. The second-order valence-corrected chi connectivity index (χ2v) is 3.14. The summed E-state index contributed by atoms with van der Waals surface area (Å²) in [6.07, 6.45) is 2.46. The molecule has 0 radical (unpaired) electrons. The van der Waals surface area contributed by atoms with Gasteiger partial charge in [0.25, 0.3) is 0 Å². The summed E-state index contributed by atoms with van der Waals surface area (Å²) in [7, 11) is 2.32. The molecule has 0 bridgehead atoms.